The molecule has 0 bridgehead atoms. The van der Waals surface area contributed by atoms with Gasteiger partial charge >= 0.3 is 0 Å². The van der Waals surface area contributed by atoms with E-state index in [0.717, 1.165) is 52.0 Å². The summed E-state index contributed by atoms with van der Waals surface area (Å²) in [7, 11) is 0. The first-order valence-corrected chi connectivity index (χ1v) is 9.23. The molecule has 2 aromatic rings. The molecule has 0 unspecified atom stereocenters. The van der Waals surface area contributed by atoms with E-state index < -0.39 is 0 Å². The molecule has 2 aromatic carbocycles. The zero-order chi connectivity index (χ0) is 16.1. The van der Waals surface area contributed by atoms with E-state index in [9.17, 15) is 0 Å². The van der Waals surface area contributed by atoms with Crippen LogP contribution in [0.15, 0.2) is 42.5 Å². The summed E-state index contributed by atoms with van der Waals surface area (Å²) in [6, 6.07) is 14.2. The second-order valence-corrected chi connectivity index (χ2v) is 7.43. The molecule has 0 atom stereocenters. The molecule has 1 saturated heterocycles. The lowest BCUT2D eigenvalue weighted by Gasteiger charge is -2.27. The normalized spacial score (nSPS) is 14.5. The SMILES string of the molecule is Clc1ccc(COc2cccc(CNCC3CNC3)c2)c(I)c1. The van der Waals surface area contributed by atoms with Crippen molar-refractivity contribution < 1.29 is 4.74 Å². The summed E-state index contributed by atoms with van der Waals surface area (Å²) in [5, 5.41) is 7.56. The van der Waals surface area contributed by atoms with Gasteiger partial charge in [0, 0.05) is 40.3 Å². The molecule has 0 aromatic heterocycles. The summed E-state index contributed by atoms with van der Waals surface area (Å²) in [6.07, 6.45) is 0. The third-order valence-corrected chi connectivity index (χ3v) is 5.18. The molecule has 122 valence electrons. The van der Waals surface area contributed by atoms with Crippen LogP contribution in [0.2, 0.25) is 5.02 Å². The smallest absolute Gasteiger partial charge is 0.120 e. The zero-order valence-corrected chi connectivity index (χ0v) is 15.7. The van der Waals surface area contributed by atoms with Crippen LogP contribution in [0.1, 0.15) is 11.1 Å². The molecule has 0 radical (unpaired) electrons. The second kappa shape index (κ2) is 8.33. The molecule has 1 aliphatic rings. The first kappa shape index (κ1) is 17.0. The van der Waals surface area contributed by atoms with Crippen molar-refractivity contribution in [2.75, 3.05) is 19.6 Å². The highest BCUT2D eigenvalue weighted by Gasteiger charge is 2.15. The van der Waals surface area contributed by atoms with Crippen molar-refractivity contribution in [1.29, 1.82) is 0 Å². The van der Waals surface area contributed by atoms with Gasteiger partial charge in [0.2, 0.25) is 0 Å². The number of ether oxygens (including phenoxy) is 1. The van der Waals surface area contributed by atoms with Gasteiger partial charge in [-0.2, -0.15) is 0 Å². The molecular weight excluding hydrogens is 423 g/mol. The van der Waals surface area contributed by atoms with Crippen LogP contribution in [0.5, 0.6) is 5.75 Å². The third-order valence-electron chi connectivity index (χ3n) is 3.94. The number of rotatable bonds is 7. The maximum atomic E-state index is 5.98. The predicted octanol–water partition coefficient (Wildman–Crippen LogP) is 3.83. The van der Waals surface area contributed by atoms with Crippen molar-refractivity contribution in [3.8, 4) is 5.75 Å². The third kappa shape index (κ3) is 5.08. The molecule has 1 heterocycles. The minimum atomic E-state index is 0.556. The van der Waals surface area contributed by atoms with E-state index >= 15 is 0 Å². The van der Waals surface area contributed by atoms with Crippen LogP contribution in [0.4, 0.5) is 0 Å². The molecule has 0 aliphatic carbocycles. The summed E-state index contributed by atoms with van der Waals surface area (Å²) >= 11 is 8.27. The highest BCUT2D eigenvalue weighted by Crippen LogP contribution is 2.21. The number of hydrogen-bond donors (Lipinski definition) is 2. The van der Waals surface area contributed by atoms with Gasteiger partial charge < -0.3 is 15.4 Å². The number of nitrogens with one attached hydrogen (secondary N) is 2. The molecule has 3 rings (SSSR count). The van der Waals surface area contributed by atoms with E-state index in [0.29, 0.717) is 6.61 Å². The van der Waals surface area contributed by atoms with Crippen LogP contribution in [0.3, 0.4) is 0 Å². The Morgan fingerprint density at radius 3 is 2.83 bits per heavy atom. The summed E-state index contributed by atoms with van der Waals surface area (Å²) in [5.74, 6) is 1.68. The molecular formula is C18H20ClIN2O. The van der Waals surface area contributed by atoms with Gasteiger partial charge in [-0.05, 0) is 58.3 Å². The monoisotopic (exact) mass is 442 g/mol. The number of halogens is 2. The van der Waals surface area contributed by atoms with Gasteiger partial charge in [0.1, 0.15) is 12.4 Å². The fourth-order valence-corrected chi connectivity index (χ4v) is 3.49. The van der Waals surface area contributed by atoms with Gasteiger partial charge in [-0.3, -0.25) is 0 Å². The second-order valence-electron chi connectivity index (χ2n) is 5.83. The van der Waals surface area contributed by atoms with Crippen molar-refractivity contribution >= 4 is 34.2 Å². The fraction of sp³-hybridized carbons (Fsp3) is 0.333. The Bertz CT molecular complexity index is 661. The Balaban J connectivity index is 1.52. The minimum absolute atomic E-state index is 0.556. The van der Waals surface area contributed by atoms with Crippen molar-refractivity contribution in [3.63, 3.8) is 0 Å². The van der Waals surface area contributed by atoms with Crippen LogP contribution < -0.4 is 15.4 Å². The van der Waals surface area contributed by atoms with Gasteiger partial charge in [-0.15, -0.1) is 0 Å². The van der Waals surface area contributed by atoms with Crippen LogP contribution in [0, 0.1) is 9.49 Å². The Kier molecular flexibility index (Phi) is 6.16. The van der Waals surface area contributed by atoms with Crippen molar-refractivity contribution in [3.05, 3.63) is 62.2 Å². The van der Waals surface area contributed by atoms with Crippen LogP contribution >= 0.6 is 34.2 Å². The van der Waals surface area contributed by atoms with Crippen LogP contribution in [-0.2, 0) is 13.2 Å². The fourth-order valence-electron chi connectivity index (χ4n) is 2.46. The van der Waals surface area contributed by atoms with Gasteiger partial charge in [0.15, 0.2) is 0 Å². The van der Waals surface area contributed by atoms with Gasteiger partial charge in [0.25, 0.3) is 0 Å². The van der Waals surface area contributed by atoms with E-state index in [4.69, 9.17) is 16.3 Å². The first-order chi connectivity index (χ1) is 11.2. The molecule has 2 N–H and O–H groups in total. The highest BCUT2D eigenvalue weighted by atomic mass is 127. The minimum Gasteiger partial charge on any atom is -0.489 e. The molecule has 3 nitrogen and oxygen atoms in total. The highest BCUT2D eigenvalue weighted by molar-refractivity contribution is 14.1. The molecule has 0 saturated carbocycles. The Hall–Kier alpha value is -0.820. The maximum Gasteiger partial charge on any atom is 0.120 e. The molecule has 1 fully saturated rings. The van der Waals surface area contributed by atoms with Crippen molar-refractivity contribution in [2.24, 2.45) is 5.92 Å². The lowest BCUT2D eigenvalue weighted by atomic mass is 10.0. The average molecular weight is 443 g/mol. The predicted molar refractivity (Wildman–Crippen MR) is 103 cm³/mol. The lowest BCUT2D eigenvalue weighted by Crippen LogP contribution is -2.47. The Labute approximate surface area is 155 Å². The summed E-state index contributed by atoms with van der Waals surface area (Å²) in [6.45, 7) is 4.78. The summed E-state index contributed by atoms with van der Waals surface area (Å²) in [5.41, 5.74) is 2.40. The quantitative estimate of drug-likeness (QED) is 0.640. The molecule has 23 heavy (non-hydrogen) atoms. The zero-order valence-electron chi connectivity index (χ0n) is 12.8. The lowest BCUT2D eigenvalue weighted by molar-refractivity contribution is 0.304. The molecule has 5 heteroatoms. The van der Waals surface area contributed by atoms with Gasteiger partial charge in [-0.25, -0.2) is 0 Å². The van der Waals surface area contributed by atoms with Crippen molar-refractivity contribution in [1.82, 2.24) is 10.6 Å². The van der Waals surface area contributed by atoms with Gasteiger partial charge in [0.05, 0.1) is 0 Å². The van der Waals surface area contributed by atoms with E-state index in [-0.39, 0.29) is 0 Å². The van der Waals surface area contributed by atoms with E-state index in [1.807, 2.05) is 30.3 Å². The number of benzene rings is 2. The molecule has 0 amide bonds. The summed E-state index contributed by atoms with van der Waals surface area (Å²) in [4.78, 5) is 0. The topological polar surface area (TPSA) is 33.3 Å². The first-order valence-electron chi connectivity index (χ1n) is 7.78. The van der Waals surface area contributed by atoms with E-state index in [1.54, 1.807) is 0 Å². The largest absolute Gasteiger partial charge is 0.489 e. The van der Waals surface area contributed by atoms with E-state index in [1.165, 1.54) is 5.56 Å². The van der Waals surface area contributed by atoms with Gasteiger partial charge in [-0.1, -0.05) is 29.8 Å². The van der Waals surface area contributed by atoms with Crippen molar-refractivity contribution in [2.45, 2.75) is 13.2 Å². The van der Waals surface area contributed by atoms with Crippen LogP contribution in [-0.4, -0.2) is 19.6 Å². The standard InChI is InChI=1S/C18H20ClIN2O/c19-16-5-4-15(18(20)7-16)12-23-17-3-1-2-13(6-17)8-21-9-14-10-22-11-14/h1-7,14,21-22H,8-12H2. The molecule has 1 aliphatic heterocycles. The maximum absolute atomic E-state index is 5.98. The van der Waals surface area contributed by atoms with Crippen LogP contribution in [0.25, 0.3) is 0 Å². The summed E-state index contributed by atoms with van der Waals surface area (Å²) < 4.78 is 7.05. The number of hydrogen-bond acceptors (Lipinski definition) is 3. The average Bonchev–Trinajstić information content (AvgIpc) is 2.49. The van der Waals surface area contributed by atoms with E-state index in [2.05, 4.69) is 45.4 Å². The molecule has 0 spiro atoms. The Morgan fingerprint density at radius 2 is 2.09 bits per heavy atom. The Morgan fingerprint density at radius 1 is 1.22 bits per heavy atom.